The summed E-state index contributed by atoms with van der Waals surface area (Å²) in [5.41, 5.74) is 4.80. The maximum Gasteiger partial charge on any atom is 0.258 e. The van der Waals surface area contributed by atoms with E-state index in [1.165, 1.54) is 24.0 Å². The molecule has 152 valence electrons. The first-order chi connectivity index (χ1) is 14.2. The summed E-state index contributed by atoms with van der Waals surface area (Å²) in [5.74, 6) is -1.52. The number of carbonyl (C=O) groups excluding carboxylic acids is 4. The van der Waals surface area contributed by atoms with Crippen molar-refractivity contribution in [3.63, 3.8) is 0 Å². The molecule has 0 saturated carbocycles. The lowest BCUT2D eigenvalue weighted by Crippen LogP contribution is -2.33. The number of benzene rings is 2. The standard InChI is InChI=1S/C24H22N2O4/c1-5-21(28)25(17(4)27)20-8-6-18(7-9-20)14-19-12-15(2)24(16(3)13-19)26-22(29)10-11-23(26)30/h5-13H,1,14H2,2-4H3. The fourth-order valence-corrected chi connectivity index (χ4v) is 3.68. The number of hydrogen-bond acceptors (Lipinski definition) is 4. The Morgan fingerprint density at radius 1 is 0.967 bits per heavy atom. The molecule has 2 aromatic rings. The van der Waals surface area contributed by atoms with Crippen molar-refractivity contribution in [2.75, 3.05) is 9.80 Å². The van der Waals surface area contributed by atoms with E-state index in [1.807, 2.05) is 38.1 Å². The van der Waals surface area contributed by atoms with E-state index >= 15 is 0 Å². The van der Waals surface area contributed by atoms with Crippen molar-refractivity contribution in [3.05, 3.63) is 83.5 Å². The summed E-state index contributed by atoms with van der Waals surface area (Å²) in [5, 5.41) is 0. The average molecular weight is 402 g/mol. The predicted octanol–water partition coefficient (Wildman–Crippen LogP) is 3.39. The van der Waals surface area contributed by atoms with Crippen LogP contribution in [0.15, 0.2) is 61.2 Å². The van der Waals surface area contributed by atoms with Gasteiger partial charge in [0.1, 0.15) is 0 Å². The highest BCUT2D eigenvalue weighted by Crippen LogP contribution is 2.30. The molecule has 1 aliphatic rings. The molecule has 0 aliphatic carbocycles. The number of carbonyl (C=O) groups is 4. The van der Waals surface area contributed by atoms with Crippen LogP contribution in [0.2, 0.25) is 0 Å². The highest BCUT2D eigenvalue weighted by molar-refractivity contribution is 6.28. The van der Waals surface area contributed by atoms with Crippen molar-refractivity contribution in [2.24, 2.45) is 0 Å². The van der Waals surface area contributed by atoms with E-state index in [-0.39, 0.29) is 17.7 Å². The number of nitrogens with zero attached hydrogens (tertiary/aromatic N) is 2. The summed E-state index contributed by atoms with van der Waals surface area (Å²) in [4.78, 5) is 50.0. The Morgan fingerprint density at radius 3 is 1.97 bits per heavy atom. The molecular formula is C24H22N2O4. The summed E-state index contributed by atoms with van der Waals surface area (Å²) in [6.07, 6.45) is 4.28. The van der Waals surface area contributed by atoms with Crippen LogP contribution in [0.3, 0.4) is 0 Å². The molecular weight excluding hydrogens is 380 g/mol. The van der Waals surface area contributed by atoms with Gasteiger partial charge in [0.05, 0.1) is 11.4 Å². The van der Waals surface area contributed by atoms with Crippen molar-refractivity contribution >= 4 is 35.0 Å². The smallest absolute Gasteiger partial charge is 0.258 e. The van der Waals surface area contributed by atoms with Crippen LogP contribution in [-0.4, -0.2) is 23.6 Å². The summed E-state index contributed by atoms with van der Waals surface area (Å²) < 4.78 is 0. The lowest BCUT2D eigenvalue weighted by atomic mass is 9.98. The molecule has 6 nitrogen and oxygen atoms in total. The van der Waals surface area contributed by atoms with Crippen LogP contribution in [0.5, 0.6) is 0 Å². The SMILES string of the molecule is C=CC(=O)N(C(C)=O)c1ccc(Cc2cc(C)c(N3C(=O)C=CC3=O)c(C)c2)cc1. The molecule has 3 rings (SSSR count). The molecule has 1 heterocycles. The van der Waals surface area contributed by atoms with Crippen LogP contribution in [0.25, 0.3) is 0 Å². The molecule has 0 radical (unpaired) electrons. The van der Waals surface area contributed by atoms with Gasteiger partial charge in [-0.15, -0.1) is 0 Å². The van der Waals surface area contributed by atoms with Crippen LogP contribution in [0, 0.1) is 13.8 Å². The fourth-order valence-electron chi connectivity index (χ4n) is 3.68. The fraction of sp³-hybridized carbons (Fsp3) is 0.167. The Morgan fingerprint density at radius 2 is 1.50 bits per heavy atom. The molecule has 0 spiro atoms. The van der Waals surface area contributed by atoms with Crippen molar-refractivity contribution in [3.8, 4) is 0 Å². The number of imide groups is 2. The zero-order valence-corrected chi connectivity index (χ0v) is 17.1. The average Bonchev–Trinajstić information content (AvgIpc) is 3.01. The van der Waals surface area contributed by atoms with Crippen molar-refractivity contribution < 1.29 is 19.2 Å². The lowest BCUT2D eigenvalue weighted by molar-refractivity contribution is -0.123. The Labute approximate surface area is 175 Å². The minimum Gasteiger partial charge on any atom is -0.274 e. The van der Waals surface area contributed by atoms with Gasteiger partial charge in [0.2, 0.25) is 5.91 Å². The minimum absolute atomic E-state index is 0.335. The Hall–Kier alpha value is -3.80. The molecule has 0 aromatic heterocycles. The maximum atomic E-state index is 12.0. The molecule has 0 saturated heterocycles. The molecule has 2 aromatic carbocycles. The van der Waals surface area contributed by atoms with Gasteiger partial charge in [-0.25, -0.2) is 9.80 Å². The van der Waals surface area contributed by atoms with E-state index in [9.17, 15) is 19.2 Å². The second-order valence-corrected chi connectivity index (χ2v) is 7.16. The lowest BCUT2D eigenvalue weighted by Gasteiger charge is -2.20. The van der Waals surface area contributed by atoms with E-state index in [0.717, 1.165) is 33.2 Å². The van der Waals surface area contributed by atoms with Gasteiger partial charge in [0.25, 0.3) is 17.7 Å². The summed E-state index contributed by atoms with van der Waals surface area (Å²) in [6, 6.07) is 11.1. The third-order valence-electron chi connectivity index (χ3n) is 4.90. The monoisotopic (exact) mass is 402 g/mol. The molecule has 0 bridgehead atoms. The molecule has 0 atom stereocenters. The zero-order chi connectivity index (χ0) is 22.0. The molecule has 4 amide bonds. The molecule has 6 heteroatoms. The van der Waals surface area contributed by atoms with E-state index in [4.69, 9.17) is 0 Å². The number of hydrogen-bond donors (Lipinski definition) is 0. The van der Waals surface area contributed by atoms with E-state index < -0.39 is 5.91 Å². The first-order valence-electron chi connectivity index (χ1n) is 9.45. The number of aryl methyl sites for hydroxylation is 2. The Kier molecular flexibility index (Phi) is 5.78. The first kappa shape index (κ1) is 20.9. The molecule has 0 fully saturated rings. The second-order valence-electron chi connectivity index (χ2n) is 7.16. The van der Waals surface area contributed by atoms with Crippen molar-refractivity contribution in [2.45, 2.75) is 27.2 Å². The van der Waals surface area contributed by atoms with Crippen LogP contribution in [-0.2, 0) is 25.6 Å². The van der Waals surface area contributed by atoms with Crippen LogP contribution < -0.4 is 9.80 Å². The van der Waals surface area contributed by atoms with Gasteiger partial charge in [-0.3, -0.25) is 19.2 Å². The highest BCUT2D eigenvalue weighted by atomic mass is 16.2. The van der Waals surface area contributed by atoms with Gasteiger partial charge >= 0.3 is 0 Å². The van der Waals surface area contributed by atoms with Crippen LogP contribution >= 0.6 is 0 Å². The summed E-state index contributed by atoms with van der Waals surface area (Å²) in [6.45, 7) is 8.51. The third kappa shape index (κ3) is 3.98. The quantitative estimate of drug-likeness (QED) is 0.568. The van der Waals surface area contributed by atoms with Crippen molar-refractivity contribution in [1.82, 2.24) is 0 Å². The van der Waals surface area contributed by atoms with Gasteiger partial charge in [-0.2, -0.15) is 0 Å². The van der Waals surface area contributed by atoms with Gasteiger partial charge < -0.3 is 0 Å². The van der Waals surface area contributed by atoms with E-state index in [0.29, 0.717) is 17.8 Å². The van der Waals surface area contributed by atoms with Gasteiger partial charge in [-0.1, -0.05) is 30.8 Å². The van der Waals surface area contributed by atoms with Gasteiger partial charge in [0, 0.05) is 19.1 Å². The van der Waals surface area contributed by atoms with Gasteiger partial charge in [0.15, 0.2) is 0 Å². The topological polar surface area (TPSA) is 74.8 Å². The molecule has 1 aliphatic heterocycles. The third-order valence-corrected chi connectivity index (χ3v) is 4.90. The van der Waals surface area contributed by atoms with Gasteiger partial charge in [-0.05, 0) is 60.7 Å². The van der Waals surface area contributed by atoms with Crippen LogP contribution in [0.4, 0.5) is 11.4 Å². The molecule has 0 unspecified atom stereocenters. The normalized spacial score (nSPS) is 13.0. The highest BCUT2D eigenvalue weighted by Gasteiger charge is 2.28. The summed E-state index contributed by atoms with van der Waals surface area (Å²) >= 11 is 0. The summed E-state index contributed by atoms with van der Waals surface area (Å²) in [7, 11) is 0. The Balaban J connectivity index is 1.84. The zero-order valence-electron chi connectivity index (χ0n) is 17.1. The molecule has 0 N–H and O–H groups in total. The maximum absolute atomic E-state index is 12.0. The molecule has 30 heavy (non-hydrogen) atoms. The van der Waals surface area contributed by atoms with Crippen LogP contribution in [0.1, 0.15) is 29.2 Å². The van der Waals surface area contributed by atoms with E-state index in [2.05, 4.69) is 6.58 Å². The largest absolute Gasteiger partial charge is 0.274 e. The number of anilines is 2. The Bertz CT molecular complexity index is 1060. The van der Waals surface area contributed by atoms with Crippen molar-refractivity contribution in [1.29, 1.82) is 0 Å². The predicted molar refractivity (Wildman–Crippen MR) is 115 cm³/mol. The number of amides is 4. The number of rotatable bonds is 5. The van der Waals surface area contributed by atoms with E-state index in [1.54, 1.807) is 12.1 Å². The second kappa shape index (κ2) is 8.29. The first-order valence-corrected chi connectivity index (χ1v) is 9.45. The minimum atomic E-state index is -0.474.